The SMILES string of the molecule is CN1C(N)=N[C@](C)(c2nc(NC(=O)c3cnc(C(F)(F)F)cn3)ccc2F)CS1(=O)=O. The molecule has 0 saturated heterocycles. The lowest BCUT2D eigenvalue weighted by Crippen LogP contribution is -2.50. The molecule has 166 valence electrons. The number of nitrogens with two attached hydrogens (primary N) is 1. The van der Waals surface area contributed by atoms with Crippen molar-refractivity contribution in [2.45, 2.75) is 18.6 Å². The van der Waals surface area contributed by atoms with Gasteiger partial charge in [0.25, 0.3) is 5.91 Å². The van der Waals surface area contributed by atoms with Crippen molar-refractivity contribution in [3.63, 3.8) is 0 Å². The number of aliphatic imine (C=N–C) groups is 1. The Labute approximate surface area is 173 Å². The number of nitrogens with one attached hydrogen (secondary N) is 1. The number of alkyl halides is 3. The Hall–Kier alpha value is -3.36. The lowest BCUT2D eigenvalue weighted by molar-refractivity contribution is -0.141. The zero-order chi connectivity index (χ0) is 23.2. The largest absolute Gasteiger partial charge is 0.434 e. The molecular weight excluding hydrogens is 446 g/mol. The first-order valence-corrected chi connectivity index (χ1v) is 10.0. The molecule has 1 atom stereocenters. The monoisotopic (exact) mass is 461 g/mol. The van der Waals surface area contributed by atoms with Crippen LogP contribution in [0.4, 0.5) is 23.4 Å². The second-order valence-electron chi connectivity index (χ2n) is 6.73. The van der Waals surface area contributed by atoms with E-state index in [2.05, 4.69) is 25.3 Å². The third-order valence-corrected chi connectivity index (χ3v) is 6.29. The smallest absolute Gasteiger partial charge is 0.369 e. The highest BCUT2D eigenvalue weighted by molar-refractivity contribution is 7.89. The summed E-state index contributed by atoms with van der Waals surface area (Å²) in [4.78, 5) is 26.7. The summed E-state index contributed by atoms with van der Waals surface area (Å²) < 4.78 is 77.5. The molecule has 0 aromatic carbocycles. The van der Waals surface area contributed by atoms with Crippen LogP contribution in [0.5, 0.6) is 0 Å². The number of rotatable bonds is 3. The number of anilines is 1. The lowest BCUT2D eigenvalue weighted by Gasteiger charge is -2.33. The van der Waals surface area contributed by atoms with Crippen LogP contribution < -0.4 is 11.1 Å². The van der Waals surface area contributed by atoms with Crippen LogP contribution >= 0.6 is 0 Å². The molecule has 31 heavy (non-hydrogen) atoms. The summed E-state index contributed by atoms with van der Waals surface area (Å²) in [5.41, 5.74) is 1.82. The average Bonchev–Trinajstić information content (AvgIpc) is 2.66. The highest BCUT2D eigenvalue weighted by Crippen LogP contribution is 2.33. The summed E-state index contributed by atoms with van der Waals surface area (Å²) in [6.07, 6.45) is -3.71. The number of sulfonamides is 1. The van der Waals surface area contributed by atoms with Crippen LogP contribution in [0.25, 0.3) is 0 Å². The highest BCUT2D eigenvalue weighted by atomic mass is 32.2. The summed E-state index contributed by atoms with van der Waals surface area (Å²) in [6, 6.07) is 2.01. The fourth-order valence-electron chi connectivity index (χ4n) is 2.73. The molecule has 0 radical (unpaired) electrons. The average molecular weight is 461 g/mol. The molecule has 1 aliphatic rings. The molecule has 0 unspecified atom stereocenters. The Balaban J connectivity index is 1.91. The zero-order valence-corrected chi connectivity index (χ0v) is 16.8. The second kappa shape index (κ2) is 7.40. The molecule has 3 rings (SSSR count). The first-order chi connectivity index (χ1) is 14.2. The van der Waals surface area contributed by atoms with Crippen LogP contribution in [0.1, 0.15) is 28.8 Å². The third-order valence-electron chi connectivity index (χ3n) is 4.34. The maximum absolute atomic E-state index is 14.5. The quantitative estimate of drug-likeness (QED) is 0.651. The summed E-state index contributed by atoms with van der Waals surface area (Å²) in [5, 5.41) is 2.24. The number of amides is 1. The maximum Gasteiger partial charge on any atom is 0.434 e. The molecule has 3 heterocycles. The minimum Gasteiger partial charge on any atom is -0.369 e. The van der Waals surface area contributed by atoms with Crippen LogP contribution in [0.15, 0.2) is 29.5 Å². The summed E-state index contributed by atoms with van der Waals surface area (Å²) in [7, 11) is -2.71. The standard InChI is InChI=1S/C16H15F4N7O3S/c1-15(7-31(29,30)27(2)14(21)26-15)12-8(17)3-4-11(24-12)25-13(28)9-5-23-10(6-22-9)16(18,19)20/h3-6H,7H2,1-2H3,(H2,21,26)(H,24,25,28)/t15-/m0/s1. The van der Waals surface area contributed by atoms with Crippen molar-refractivity contribution < 1.29 is 30.8 Å². The molecule has 10 nitrogen and oxygen atoms in total. The molecule has 2 aromatic rings. The second-order valence-corrected chi connectivity index (χ2v) is 8.73. The summed E-state index contributed by atoms with van der Waals surface area (Å²) >= 11 is 0. The van der Waals surface area contributed by atoms with Gasteiger partial charge in [0.2, 0.25) is 16.0 Å². The normalized spacial score (nSPS) is 20.8. The van der Waals surface area contributed by atoms with Gasteiger partial charge in [0.1, 0.15) is 34.3 Å². The lowest BCUT2D eigenvalue weighted by atomic mass is 10.00. The Morgan fingerprint density at radius 1 is 1.26 bits per heavy atom. The van der Waals surface area contributed by atoms with Gasteiger partial charge in [-0.3, -0.25) is 4.79 Å². The number of carbonyl (C=O) groups excluding carboxylic acids is 1. The number of halogens is 4. The van der Waals surface area contributed by atoms with E-state index in [1.165, 1.54) is 14.0 Å². The number of hydrogen-bond donors (Lipinski definition) is 2. The molecule has 0 aliphatic carbocycles. The van der Waals surface area contributed by atoms with E-state index in [9.17, 15) is 30.8 Å². The molecule has 3 N–H and O–H groups in total. The Kier molecular flexibility index (Phi) is 5.33. The molecule has 15 heteroatoms. The molecular formula is C16H15F4N7O3S. The van der Waals surface area contributed by atoms with E-state index < -0.39 is 56.3 Å². The van der Waals surface area contributed by atoms with Gasteiger partial charge in [-0.1, -0.05) is 0 Å². The number of pyridine rings is 1. The van der Waals surface area contributed by atoms with Crippen LogP contribution in [-0.4, -0.2) is 52.3 Å². The van der Waals surface area contributed by atoms with Crippen molar-refractivity contribution in [2.75, 3.05) is 18.1 Å². The fourth-order valence-corrected chi connectivity index (χ4v) is 4.16. The molecule has 0 saturated carbocycles. The van der Waals surface area contributed by atoms with Crippen molar-refractivity contribution in [2.24, 2.45) is 10.7 Å². The number of guanidine groups is 1. The van der Waals surface area contributed by atoms with Crippen LogP contribution in [-0.2, 0) is 21.7 Å². The van der Waals surface area contributed by atoms with Crippen molar-refractivity contribution in [1.29, 1.82) is 0 Å². The van der Waals surface area contributed by atoms with Crippen LogP contribution in [0, 0.1) is 5.82 Å². The predicted octanol–water partition coefficient (Wildman–Crippen LogP) is 1.09. The number of hydrogen-bond acceptors (Lipinski definition) is 8. The fraction of sp³-hybridized carbons (Fsp3) is 0.312. The van der Waals surface area contributed by atoms with Crippen molar-refractivity contribution >= 4 is 27.7 Å². The van der Waals surface area contributed by atoms with Gasteiger partial charge in [-0.05, 0) is 19.1 Å². The summed E-state index contributed by atoms with van der Waals surface area (Å²) in [6.45, 7) is 1.31. The molecule has 0 bridgehead atoms. The van der Waals surface area contributed by atoms with Crippen LogP contribution in [0.2, 0.25) is 0 Å². The highest BCUT2D eigenvalue weighted by Gasteiger charge is 2.43. The van der Waals surface area contributed by atoms with Gasteiger partial charge < -0.3 is 11.1 Å². The first kappa shape index (κ1) is 22.3. The zero-order valence-electron chi connectivity index (χ0n) is 16.0. The van der Waals surface area contributed by atoms with Gasteiger partial charge in [-0.15, -0.1) is 0 Å². The number of carbonyl (C=O) groups is 1. The van der Waals surface area contributed by atoms with E-state index in [0.717, 1.165) is 16.4 Å². The molecule has 1 aliphatic heterocycles. The van der Waals surface area contributed by atoms with Crippen LogP contribution in [0.3, 0.4) is 0 Å². The van der Waals surface area contributed by atoms with E-state index in [-0.39, 0.29) is 11.8 Å². The van der Waals surface area contributed by atoms with E-state index in [0.29, 0.717) is 12.4 Å². The van der Waals surface area contributed by atoms with Gasteiger partial charge in [-0.25, -0.2) is 37.1 Å². The molecule has 2 aromatic heterocycles. The Bertz CT molecular complexity index is 1170. The van der Waals surface area contributed by atoms with E-state index in [1.807, 2.05) is 0 Å². The predicted molar refractivity (Wildman–Crippen MR) is 99.7 cm³/mol. The van der Waals surface area contributed by atoms with E-state index in [4.69, 9.17) is 5.73 Å². The van der Waals surface area contributed by atoms with Crippen molar-refractivity contribution in [3.8, 4) is 0 Å². The Morgan fingerprint density at radius 2 is 1.94 bits per heavy atom. The summed E-state index contributed by atoms with van der Waals surface area (Å²) in [5.74, 6) is -3.08. The maximum atomic E-state index is 14.5. The third kappa shape index (κ3) is 4.40. The Morgan fingerprint density at radius 3 is 2.48 bits per heavy atom. The molecule has 1 amide bonds. The van der Waals surface area contributed by atoms with Crippen molar-refractivity contribution in [3.05, 3.63) is 47.4 Å². The van der Waals surface area contributed by atoms with Gasteiger partial charge in [0.15, 0.2) is 5.69 Å². The molecule has 0 spiro atoms. The minimum atomic E-state index is -4.72. The van der Waals surface area contributed by atoms with E-state index in [1.54, 1.807) is 0 Å². The first-order valence-electron chi connectivity index (χ1n) is 8.42. The topological polar surface area (TPSA) is 144 Å². The van der Waals surface area contributed by atoms with E-state index >= 15 is 0 Å². The van der Waals surface area contributed by atoms with Gasteiger partial charge in [0, 0.05) is 7.05 Å². The van der Waals surface area contributed by atoms with Gasteiger partial charge in [-0.2, -0.15) is 13.2 Å². The van der Waals surface area contributed by atoms with Crippen molar-refractivity contribution in [1.82, 2.24) is 19.3 Å². The minimum absolute atomic E-state index is 0.213. The van der Waals surface area contributed by atoms with Gasteiger partial charge in [0.05, 0.1) is 12.4 Å². The molecule has 0 fully saturated rings. The number of aromatic nitrogens is 3. The number of nitrogens with zero attached hydrogens (tertiary/aromatic N) is 5. The van der Waals surface area contributed by atoms with Gasteiger partial charge >= 0.3 is 6.18 Å².